The number of anilines is 1. The molecule has 2 nitrogen and oxygen atoms in total. The van der Waals surface area contributed by atoms with Gasteiger partial charge in [0, 0.05) is 23.9 Å². The Morgan fingerprint density at radius 2 is 1.72 bits per heavy atom. The monoisotopic (exact) mass is 241 g/mol. The van der Waals surface area contributed by atoms with Gasteiger partial charge in [-0.3, -0.25) is 0 Å². The molecule has 0 radical (unpaired) electrons. The lowest BCUT2D eigenvalue weighted by molar-refractivity contribution is 0.0886. The molecule has 0 bridgehead atoms. The van der Waals surface area contributed by atoms with Crippen molar-refractivity contribution in [3.63, 3.8) is 0 Å². The van der Waals surface area contributed by atoms with Crippen LogP contribution in [0.25, 0.3) is 0 Å². The van der Waals surface area contributed by atoms with Crippen LogP contribution in [-0.2, 0) is 5.67 Å². The van der Waals surface area contributed by atoms with Gasteiger partial charge in [-0.1, -0.05) is 36.4 Å². The Hall–Kier alpha value is -2.03. The lowest BCUT2D eigenvalue weighted by Crippen LogP contribution is -2.40. The number of para-hydroxylation sites is 2. The standard InChI is InChI=1S/C15H12FNO/c1-17-12-8-4-2-6-10(12)15(16)11-7-3-5-9-13(11)18-14(15)17/h2-9,14H,1H3/t14-,15-/m0/s1. The molecule has 2 heterocycles. The molecule has 2 atom stereocenters. The molecule has 0 aliphatic carbocycles. The first-order valence-electron chi connectivity index (χ1n) is 6.00. The van der Waals surface area contributed by atoms with Crippen LogP contribution in [0.5, 0.6) is 5.75 Å². The Labute approximate surface area is 105 Å². The van der Waals surface area contributed by atoms with Crippen LogP contribution in [0.2, 0.25) is 0 Å². The summed E-state index contributed by atoms with van der Waals surface area (Å²) in [6, 6.07) is 14.9. The van der Waals surface area contributed by atoms with E-state index in [4.69, 9.17) is 4.74 Å². The minimum absolute atomic E-state index is 0.590. The third kappa shape index (κ3) is 0.941. The van der Waals surface area contributed by atoms with E-state index in [9.17, 15) is 0 Å². The van der Waals surface area contributed by atoms with Crippen LogP contribution in [0.1, 0.15) is 11.1 Å². The quantitative estimate of drug-likeness (QED) is 0.702. The molecule has 0 saturated heterocycles. The third-order valence-electron chi connectivity index (χ3n) is 3.89. The molecule has 0 unspecified atom stereocenters. The van der Waals surface area contributed by atoms with Gasteiger partial charge in [-0.25, -0.2) is 4.39 Å². The molecule has 0 aromatic heterocycles. The topological polar surface area (TPSA) is 12.5 Å². The fourth-order valence-electron chi connectivity index (χ4n) is 3.04. The maximum atomic E-state index is 15.6. The second-order valence-corrected chi connectivity index (χ2v) is 4.81. The summed E-state index contributed by atoms with van der Waals surface area (Å²) in [5.74, 6) is 0.645. The van der Waals surface area contributed by atoms with Gasteiger partial charge < -0.3 is 9.64 Å². The summed E-state index contributed by atoms with van der Waals surface area (Å²) in [7, 11) is 1.87. The summed E-state index contributed by atoms with van der Waals surface area (Å²) in [5.41, 5.74) is 0.677. The van der Waals surface area contributed by atoms with Crippen LogP contribution in [0.15, 0.2) is 48.5 Å². The number of nitrogens with zero attached hydrogens (tertiary/aromatic N) is 1. The Bertz CT molecular complexity index is 642. The molecule has 3 heteroatoms. The first-order chi connectivity index (χ1) is 8.73. The summed E-state index contributed by atoms with van der Waals surface area (Å²) in [6.45, 7) is 0. The van der Waals surface area contributed by atoms with Crippen LogP contribution < -0.4 is 9.64 Å². The summed E-state index contributed by atoms with van der Waals surface area (Å²) in [6.07, 6.45) is -0.590. The molecule has 0 fully saturated rings. The summed E-state index contributed by atoms with van der Waals surface area (Å²) in [5, 5.41) is 0. The van der Waals surface area contributed by atoms with Gasteiger partial charge in [-0.05, 0) is 12.1 Å². The Balaban J connectivity index is 2.03. The fourth-order valence-corrected chi connectivity index (χ4v) is 3.04. The molecule has 0 N–H and O–H groups in total. The Morgan fingerprint density at radius 1 is 1.06 bits per heavy atom. The molecule has 2 aromatic rings. The minimum Gasteiger partial charge on any atom is -0.466 e. The Morgan fingerprint density at radius 3 is 2.56 bits per heavy atom. The van der Waals surface area contributed by atoms with E-state index >= 15 is 4.39 Å². The number of hydrogen-bond donors (Lipinski definition) is 0. The van der Waals surface area contributed by atoms with Crippen molar-refractivity contribution < 1.29 is 9.13 Å². The highest BCUT2D eigenvalue weighted by molar-refractivity contribution is 5.68. The predicted octanol–water partition coefficient (Wildman–Crippen LogP) is 3.07. The van der Waals surface area contributed by atoms with Crippen molar-refractivity contribution >= 4 is 5.69 Å². The van der Waals surface area contributed by atoms with Crippen molar-refractivity contribution in [2.24, 2.45) is 0 Å². The van der Waals surface area contributed by atoms with E-state index < -0.39 is 11.9 Å². The highest BCUT2D eigenvalue weighted by Crippen LogP contribution is 2.56. The number of hydrogen-bond acceptors (Lipinski definition) is 2. The van der Waals surface area contributed by atoms with Gasteiger partial charge in [-0.2, -0.15) is 0 Å². The van der Waals surface area contributed by atoms with E-state index in [1.54, 1.807) is 0 Å². The normalized spacial score (nSPS) is 27.4. The molecule has 90 valence electrons. The van der Waals surface area contributed by atoms with Crippen LogP contribution in [0.4, 0.5) is 10.1 Å². The molecular weight excluding hydrogens is 229 g/mol. The highest BCUT2D eigenvalue weighted by atomic mass is 19.1. The van der Waals surface area contributed by atoms with Gasteiger partial charge in [0.1, 0.15) is 5.75 Å². The maximum Gasteiger partial charge on any atom is 0.222 e. The lowest BCUT2D eigenvalue weighted by atomic mass is 9.90. The van der Waals surface area contributed by atoms with Gasteiger partial charge >= 0.3 is 0 Å². The molecule has 18 heavy (non-hydrogen) atoms. The molecular formula is C15H12FNO. The number of alkyl halides is 1. The molecule has 0 amide bonds. The molecule has 2 aromatic carbocycles. The van der Waals surface area contributed by atoms with Gasteiger partial charge in [0.2, 0.25) is 11.9 Å². The summed E-state index contributed by atoms with van der Waals surface area (Å²) >= 11 is 0. The third-order valence-corrected chi connectivity index (χ3v) is 3.89. The molecule has 0 saturated carbocycles. The average Bonchev–Trinajstić information content (AvgIpc) is 2.83. The SMILES string of the molecule is CN1c2ccccc2[C@]2(F)c3ccccc3O[C@H]12. The Kier molecular flexibility index (Phi) is 1.68. The number of ether oxygens (including phenoxy) is 1. The zero-order valence-electron chi connectivity index (χ0n) is 9.93. The highest BCUT2D eigenvalue weighted by Gasteiger charge is 2.58. The number of benzene rings is 2. The van der Waals surface area contributed by atoms with Gasteiger partial charge in [-0.15, -0.1) is 0 Å². The molecule has 2 aliphatic rings. The smallest absolute Gasteiger partial charge is 0.222 e. The number of rotatable bonds is 0. The molecule has 2 aliphatic heterocycles. The first kappa shape index (κ1) is 9.95. The minimum atomic E-state index is -1.55. The van der Waals surface area contributed by atoms with Crippen molar-refractivity contribution in [2.75, 3.05) is 11.9 Å². The summed E-state index contributed by atoms with van der Waals surface area (Å²) < 4.78 is 21.3. The maximum absolute atomic E-state index is 15.6. The van der Waals surface area contributed by atoms with Crippen LogP contribution in [0.3, 0.4) is 0 Å². The van der Waals surface area contributed by atoms with Crippen molar-refractivity contribution in [2.45, 2.75) is 11.9 Å². The largest absolute Gasteiger partial charge is 0.466 e. The number of likely N-dealkylation sites (N-methyl/N-ethyl adjacent to an activating group) is 1. The number of halogens is 1. The van der Waals surface area contributed by atoms with Crippen molar-refractivity contribution in [3.8, 4) is 5.75 Å². The van der Waals surface area contributed by atoms with Crippen LogP contribution >= 0.6 is 0 Å². The molecule has 0 spiro atoms. The van der Waals surface area contributed by atoms with Gasteiger partial charge in [0.05, 0.1) is 0 Å². The van der Waals surface area contributed by atoms with Gasteiger partial charge in [0.25, 0.3) is 0 Å². The van der Waals surface area contributed by atoms with E-state index in [1.807, 2.05) is 60.5 Å². The van der Waals surface area contributed by atoms with E-state index in [0.29, 0.717) is 16.9 Å². The zero-order chi connectivity index (χ0) is 12.3. The first-order valence-corrected chi connectivity index (χ1v) is 6.00. The molecule has 4 rings (SSSR count). The lowest BCUT2D eigenvalue weighted by Gasteiger charge is -2.23. The zero-order valence-corrected chi connectivity index (χ0v) is 9.93. The second kappa shape index (κ2) is 3.05. The van der Waals surface area contributed by atoms with E-state index in [-0.39, 0.29) is 0 Å². The van der Waals surface area contributed by atoms with Crippen LogP contribution in [0, 0.1) is 0 Å². The fraction of sp³-hybridized carbons (Fsp3) is 0.200. The van der Waals surface area contributed by atoms with Gasteiger partial charge in [0.15, 0.2) is 0 Å². The van der Waals surface area contributed by atoms with Crippen LogP contribution in [-0.4, -0.2) is 13.3 Å². The van der Waals surface area contributed by atoms with E-state index in [1.165, 1.54) is 0 Å². The average molecular weight is 241 g/mol. The summed E-state index contributed by atoms with van der Waals surface area (Å²) in [4.78, 5) is 1.87. The van der Waals surface area contributed by atoms with E-state index in [2.05, 4.69) is 0 Å². The number of fused-ring (bicyclic) bond motifs is 5. The van der Waals surface area contributed by atoms with E-state index in [0.717, 1.165) is 5.69 Å². The van der Waals surface area contributed by atoms with Crippen molar-refractivity contribution in [1.29, 1.82) is 0 Å². The van der Waals surface area contributed by atoms with Crippen molar-refractivity contribution in [3.05, 3.63) is 59.7 Å². The van der Waals surface area contributed by atoms with Crippen molar-refractivity contribution in [1.82, 2.24) is 0 Å². The second-order valence-electron chi connectivity index (χ2n) is 4.81. The predicted molar refractivity (Wildman–Crippen MR) is 67.6 cm³/mol.